The monoisotopic (exact) mass is 268 g/mol. The van der Waals surface area contributed by atoms with Gasteiger partial charge >= 0.3 is 0 Å². The fourth-order valence-corrected chi connectivity index (χ4v) is 2.82. The van der Waals surface area contributed by atoms with Gasteiger partial charge in [0.1, 0.15) is 0 Å². The molecule has 1 aromatic carbocycles. The number of aryl methyl sites for hydroxylation is 2. The van der Waals surface area contributed by atoms with Crippen molar-refractivity contribution in [1.29, 1.82) is 0 Å². The molecule has 20 heavy (non-hydrogen) atoms. The Bertz CT molecular complexity index is 736. The van der Waals surface area contributed by atoms with E-state index in [-0.39, 0.29) is 0 Å². The molecular formula is C16H20N4. The molecule has 0 aliphatic heterocycles. The van der Waals surface area contributed by atoms with E-state index < -0.39 is 0 Å². The second kappa shape index (κ2) is 5.13. The second-order valence-electron chi connectivity index (χ2n) is 5.24. The van der Waals surface area contributed by atoms with Gasteiger partial charge in [-0.05, 0) is 43.0 Å². The predicted octanol–water partition coefficient (Wildman–Crippen LogP) is 2.23. The molecule has 0 spiro atoms. The van der Waals surface area contributed by atoms with Gasteiger partial charge in [-0.3, -0.25) is 4.68 Å². The molecule has 0 radical (unpaired) electrons. The lowest BCUT2D eigenvalue weighted by Gasteiger charge is -2.09. The van der Waals surface area contributed by atoms with E-state index in [9.17, 15) is 0 Å². The number of nitrogens with two attached hydrogens (primary N) is 1. The van der Waals surface area contributed by atoms with Crippen LogP contribution >= 0.6 is 0 Å². The van der Waals surface area contributed by atoms with Gasteiger partial charge in [0.05, 0.1) is 23.4 Å². The Hall–Kier alpha value is -2.07. The number of para-hydroxylation sites is 1. The minimum absolute atomic E-state index is 0.676. The van der Waals surface area contributed by atoms with Gasteiger partial charge in [-0.25, -0.2) is 0 Å². The highest BCUT2D eigenvalue weighted by molar-refractivity contribution is 5.83. The fraction of sp³-hybridized carbons (Fsp3) is 0.312. The third-order valence-electron chi connectivity index (χ3n) is 3.72. The third kappa shape index (κ3) is 2.23. The van der Waals surface area contributed by atoms with Crippen molar-refractivity contribution in [2.24, 2.45) is 12.8 Å². The van der Waals surface area contributed by atoms with Crippen molar-refractivity contribution in [3.8, 4) is 0 Å². The van der Waals surface area contributed by atoms with Crippen LogP contribution < -0.4 is 5.73 Å². The van der Waals surface area contributed by atoms with Crippen molar-refractivity contribution in [2.45, 2.75) is 19.9 Å². The zero-order valence-electron chi connectivity index (χ0n) is 12.0. The molecular weight excluding hydrogens is 248 g/mol. The zero-order chi connectivity index (χ0) is 14.1. The highest BCUT2D eigenvalue weighted by atomic mass is 15.3. The minimum atomic E-state index is 0.676. The van der Waals surface area contributed by atoms with Crippen molar-refractivity contribution >= 4 is 10.9 Å². The van der Waals surface area contributed by atoms with Crippen LogP contribution in [0.5, 0.6) is 0 Å². The zero-order valence-corrected chi connectivity index (χ0v) is 12.0. The first-order chi connectivity index (χ1) is 9.69. The average Bonchev–Trinajstić information content (AvgIpc) is 2.96. The molecule has 0 saturated heterocycles. The van der Waals surface area contributed by atoms with Crippen LogP contribution in [0.2, 0.25) is 0 Å². The first kappa shape index (κ1) is 12.9. The molecule has 0 atom stereocenters. The summed E-state index contributed by atoms with van der Waals surface area (Å²) in [6.45, 7) is 3.54. The number of benzene rings is 1. The Kier molecular flexibility index (Phi) is 3.32. The Morgan fingerprint density at radius 3 is 2.80 bits per heavy atom. The maximum atomic E-state index is 5.73. The normalized spacial score (nSPS) is 11.3. The first-order valence-electron chi connectivity index (χ1n) is 6.95. The fourth-order valence-electron chi connectivity index (χ4n) is 2.82. The Labute approximate surface area is 118 Å². The van der Waals surface area contributed by atoms with Gasteiger partial charge in [-0.2, -0.15) is 5.10 Å². The number of rotatable bonds is 4. The largest absolute Gasteiger partial charge is 0.341 e. The predicted molar refractivity (Wildman–Crippen MR) is 81.7 cm³/mol. The van der Waals surface area contributed by atoms with E-state index in [1.165, 1.54) is 22.2 Å². The summed E-state index contributed by atoms with van der Waals surface area (Å²) in [6.07, 6.45) is 3.05. The van der Waals surface area contributed by atoms with E-state index in [0.717, 1.165) is 18.7 Å². The second-order valence-corrected chi connectivity index (χ2v) is 5.24. The van der Waals surface area contributed by atoms with Gasteiger partial charge in [0.15, 0.2) is 0 Å². The summed E-state index contributed by atoms with van der Waals surface area (Å²) in [5.41, 5.74) is 10.6. The number of hydrogen-bond donors (Lipinski definition) is 1. The summed E-state index contributed by atoms with van der Waals surface area (Å²) in [7, 11) is 1.99. The average molecular weight is 268 g/mol. The maximum absolute atomic E-state index is 5.73. The molecule has 2 heterocycles. The SMILES string of the molecule is Cc1cc(Cn2ccc3cccc(CCN)c32)n(C)n1. The van der Waals surface area contributed by atoms with Crippen molar-refractivity contribution in [2.75, 3.05) is 6.54 Å². The lowest BCUT2D eigenvalue weighted by Crippen LogP contribution is -2.07. The first-order valence-corrected chi connectivity index (χ1v) is 6.95. The molecule has 3 rings (SSSR count). The van der Waals surface area contributed by atoms with Gasteiger partial charge in [0.2, 0.25) is 0 Å². The standard InChI is InChI=1S/C16H20N4/c1-12-10-15(19(2)18-12)11-20-9-7-14-5-3-4-13(6-8-17)16(14)20/h3-5,7,9-10H,6,8,11,17H2,1-2H3. The molecule has 0 saturated carbocycles. The number of hydrogen-bond acceptors (Lipinski definition) is 2. The molecule has 0 aliphatic rings. The lowest BCUT2D eigenvalue weighted by molar-refractivity contribution is 0.672. The van der Waals surface area contributed by atoms with Gasteiger partial charge in [-0.1, -0.05) is 18.2 Å². The molecule has 0 bridgehead atoms. The lowest BCUT2D eigenvalue weighted by atomic mass is 10.1. The van der Waals surface area contributed by atoms with Crippen LogP contribution in [0.15, 0.2) is 36.5 Å². The van der Waals surface area contributed by atoms with Crippen molar-refractivity contribution in [3.05, 3.63) is 53.5 Å². The number of aromatic nitrogens is 3. The van der Waals surface area contributed by atoms with Crippen molar-refractivity contribution in [3.63, 3.8) is 0 Å². The van der Waals surface area contributed by atoms with E-state index in [1.54, 1.807) is 0 Å². The molecule has 2 aromatic heterocycles. The Balaban J connectivity index is 2.05. The van der Waals surface area contributed by atoms with Gasteiger partial charge in [-0.15, -0.1) is 0 Å². The van der Waals surface area contributed by atoms with E-state index in [4.69, 9.17) is 5.73 Å². The van der Waals surface area contributed by atoms with E-state index in [1.807, 2.05) is 18.7 Å². The summed E-state index contributed by atoms with van der Waals surface area (Å²) in [4.78, 5) is 0. The summed E-state index contributed by atoms with van der Waals surface area (Å²) >= 11 is 0. The van der Waals surface area contributed by atoms with Crippen LogP contribution in [0.1, 0.15) is 17.0 Å². The van der Waals surface area contributed by atoms with Crippen LogP contribution in [0.4, 0.5) is 0 Å². The molecule has 104 valence electrons. The van der Waals surface area contributed by atoms with E-state index >= 15 is 0 Å². The molecule has 0 amide bonds. The topological polar surface area (TPSA) is 48.8 Å². The quantitative estimate of drug-likeness (QED) is 0.789. The number of fused-ring (bicyclic) bond motifs is 1. The van der Waals surface area contributed by atoms with Crippen LogP contribution in [0.3, 0.4) is 0 Å². The highest BCUT2D eigenvalue weighted by Crippen LogP contribution is 2.22. The summed E-state index contributed by atoms with van der Waals surface area (Å²) in [5, 5.41) is 5.69. The molecule has 0 fully saturated rings. The van der Waals surface area contributed by atoms with Crippen LogP contribution in [-0.2, 0) is 20.0 Å². The summed E-state index contributed by atoms with van der Waals surface area (Å²) < 4.78 is 4.24. The molecule has 3 aromatic rings. The van der Waals surface area contributed by atoms with Crippen LogP contribution in [0.25, 0.3) is 10.9 Å². The van der Waals surface area contributed by atoms with Gasteiger partial charge in [0.25, 0.3) is 0 Å². The minimum Gasteiger partial charge on any atom is -0.341 e. The van der Waals surface area contributed by atoms with Crippen molar-refractivity contribution in [1.82, 2.24) is 14.3 Å². The van der Waals surface area contributed by atoms with E-state index in [2.05, 4.69) is 46.2 Å². The molecule has 4 heteroatoms. The smallest absolute Gasteiger partial charge is 0.0645 e. The summed E-state index contributed by atoms with van der Waals surface area (Å²) in [6, 6.07) is 10.7. The van der Waals surface area contributed by atoms with Crippen LogP contribution in [0, 0.1) is 6.92 Å². The Morgan fingerprint density at radius 2 is 2.10 bits per heavy atom. The summed E-state index contributed by atoms with van der Waals surface area (Å²) in [5.74, 6) is 0. The molecule has 0 aliphatic carbocycles. The highest BCUT2D eigenvalue weighted by Gasteiger charge is 2.09. The van der Waals surface area contributed by atoms with Gasteiger partial charge < -0.3 is 10.3 Å². The Morgan fingerprint density at radius 1 is 1.25 bits per heavy atom. The molecule has 4 nitrogen and oxygen atoms in total. The molecule has 2 N–H and O–H groups in total. The molecule has 0 unspecified atom stereocenters. The van der Waals surface area contributed by atoms with Gasteiger partial charge in [0, 0.05) is 13.2 Å². The third-order valence-corrected chi connectivity index (χ3v) is 3.72. The number of nitrogens with zero attached hydrogens (tertiary/aromatic N) is 3. The van der Waals surface area contributed by atoms with Crippen LogP contribution in [-0.4, -0.2) is 20.9 Å². The van der Waals surface area contributed by atoms with Crippen molar-refractivity contribution < 1.29 is 0 Å². The maximum Gasteiger partial charge on any atom is 0.0645 e. The van der Waals surface area contributed by atoms with E-state index in [0.29, 0.717) is 6.54 Å².